The van der Waals surface area contributed by atoms with E-state index in [2.05, 4.69) is 5.10 Å². The van der Waals surface area contributed by atoms with Crippen molar-refractivity contribution in [2.75, 3.05) is 14.2 Å². The Labute approximate surface area is 123 Å². The molecule has 2 aromatic heterocycles. The number of rotatable bonds is 5. The van der Waals surface area contributed by atoms with Crippen LogP contribution in [0, 0.1) is 0 Å². The number of hydrogen-bond acceptors (Lipinski definition) is 5. The van der Waals surface area contributed by atoms with Crippen LogP contribution >= 0.6 is 0 Å². The number of methoxy groups -OCH3 is 2. The van der Waals surface area contributed by atoms with Gasteiger partial charge >= 0.3 is 12.1 Å². The minimum absolute atomic E-state index is 0.0148. The monoisotopic (exact) mass is 318 g/mol. The standard InChI is InChI=1S/C13H13F3N2O4/c1-20-11(21-2)7-8-6-10(13(14,15)16)18(17-8)12(19)9-4-3-5-22-9/h3-6,11H,7H2,1-2H3. The maximum Gasteiger partial charge on any atom is 0.433 e. The van der Waals surface area contributed by atoms with E-state index in [1.807, 2.05) is 0 Å². The van der Waals surface area contributed by atoms with Crippen LogP contribution in [-0.2, 0) is 22.1 Å². The van der Waals surface area contributed by atoms with E-state index in [9.17, 15) is 18.0 Å². The van der Waals surface area contributed by atoms with Crippen molar-refractivity contribution >= 4 is 5.91 Å². The molecule has 0 saturated carbocycles. The lowest BCUT2D eigenvalue weighted by molar-refractivity contribution is -0.143. The number of furan rings is 1. The van der Waals surface area contributed by atoms with Crippen molar-refractivity contribution in [2.45, 2.75) is 18.9 Å². The second-order valence-corrected chi connectivity index (χ2v) is 4.32. The highest BCUT2D eigenvalue weighted by Gasteiger charge is 2.38. The van der Waals surface area contributed by atoms with E-state index < -0.39 is 24.1 Å². The molecule has 0 atom stereocenters. The van der Waals surface area contributed by atoms with Crippen LogP contribution in [0.1, 0.15) is 21.9 Å². The van der Waals surface area contributed by atoms with E-state index in [1.165, 1.54) is 32.6 Å². The molecular formula is C13H13F3N2O4. The molecule has 9 heteroatoms. The predicted molar refractivity (Wildman–Crippen MR) is 67.2 cm³/mol. The van der Waals surface area contributed by atoms with Crippen LogP contribution in [0.15, 0.2) is 28.9 Å². The third kappa shape index (κ3) is 3.37. The van der Waals surface area contributed by atoms with Crippen molar-refractivity contribution < 1.29 is 31.9 Å². The fourth-order valence-corrected chi connectivity index (χ4v) is 1.82. The summed E-state index contributed by atoms with van der Waals surface area (Å²) in [5, 5.41) is 3.70. The summed E-state index contributed by atoms with van der Waals surface area (Å²) in [6.45, 7) is 0. The lowest BCUT2D eigenvalue weighted by Gasteiger charge is -2.10. The summed E-state index contributed by atoms with van der Waals surface area (Å²) in [7, 11) is 2.70. The van der Waals surface area contributed by atoms with Crippen LogP contribution in [0.25, 0.3) is 0 Å². The first kappa shape index (κ1) is 16.2. The number of nitrogens with zero attached hydrogens (tertiary/aromatic N) is 2. The van der Waals surface area contributed by atoms with Gasteiger partial charge in [-0.3, -0.25) is 4.79 Å². The molecule has 0 N–H and O–H groups in total. The zero-order valence-corrected chi connectivity index (χ0v) is 11.8. The van der Waals surface area contributed by atoms with Crippen molar-refractivity contribution in [3.63, 3.8) is 0 Å². The number of alkyl halides is 3. The molecule has 2 rings (SSSR count). The third-order valence-corrected chi connectivity index (χ3v) is 2.88. The topological polar surface area (TPSA) is 66.5 Å². The lowest BCUT2D eigenvalue weighted by atomic mass is 10.2. The molecule has 0 aliphatic heterocycles. The molecule has 0 bridgehead atoms. The first-order chi connectivity index (χ1) is 10.4. The van der Waals surface area contributed by atoms with Gasteiger partial charge in [0.05, 0.1) is 12.0 Å². The van der Waals surface area contributed by atoms with Gasteiger partial charge in [0.15, 0.2) is 17.7 Å². The fourth-order valence-electron chi connectivity index (χ4n) is 1.82. The second-order valence-electron chi connectivity index (χ2n) is 4.32. The van der Waals surface area contributed by atoms with E-state index >= 15 is 0 Å². The van der Waals surface area contributed by atoms with Gasteiger partial charge in [-0.1, -0.05) is 0 Å². The Kier molecular flexibility index (Phi) is 4.67. The number of carbonyl (C=O) groups is 1. The number of carbonyl (C=O) groups excluding carboxylic acids is 1. The summed E-state index contributed by atoms with van der Waals surface area (Å²) < 4.78 is 54.1. The van der Waals surface area contributed by atoms with Gasteiger partial charge in [0.25, 0.3) is 0 Å². The molecule has 6 nitrogen and oxygen atoms in total. The predicted octanol–water partition coefficient (Wildman–Crippen LogP) is 2.34. The van der Waals surface area contributed by atoms with Gasteiger partial charge < -0.3 is 13.9 Å². The molecule has 0 aromatic carbocycles. The highest BCUT2D eigenvalue weighted by atomic mass is 19.4. The molecule has 0 unspecified atom stereocenters. The van der Waals surface area contributed by atoms with Gasteiger partial charge in [0.1, 0.15) is 0 Å². The van der Waals surface area contributed by atoms with Crippen molar-refractivity contribution in [3.8, 4) is 0 Å². The highest BCUT2D eigenvalue weighted by molar-refractivity contribution is 5.93. The zero-order valence-electron chi connectivity index (χ0n) is 11.8. The minimum atomic E-state index is -4.73. The Hall–Kier alpha value is -2.13. The van der Waals surface area contributed by atoms with Crippen LogP contribution in [0.5, 0.6) is 0 Å². The largest absolute Gasteiger partial charge is 0.459 e. The smallest absolute Gasteiger partial charge is 0.433 e. The minimum Gasteiger partial charge on any atom is -0.459 e. The molecule has 0 spiro atoms. The third-order valence-electron chi connectivity index (χ3n) is 2.88. The number of halogens is 3. The Morgan fingerprint density at radius 3 is 2.59 bits per heavy atom. The van der Waals surface area contributed by atoms with Crippen LogP contribution < -0.4 is 0 Å². The molecule has 120 valence electrons. The van der Waals surface area contributed by atoms with Crippen molar-refractivity contribution in [1.82, 2.24) is 9.78 Å². The van der Waals surface area contributed by atoms with E-state index in [-0.39, 0.29) is 22.6 Å². The van der Waals surface area contributed by atoms with Crippen LogP contribution in [-0.4, -0.2) is 36.2 Å². The fraction of sp³-hybridized carbons (Fsp3) is 0.385. The Morgan fingerprint density at radius 2 is 2.09 bits per heavy atom. The molecular weight excluding hydrogens is 305 g/mol. The Morgan fingerprint density at radius 1 is 1.41 bits per heavy atom. The number of ether oxygens (including phenoxy) is 2. The first-order valence-corrected chi connectivity index (χ1v) is 6.16. The van der Waals surface area contributed by atoms with Gasteiger partial charge in [-0.25, -0.2) is 0 Å². The van der Waals surface area contributed by atoms with E-state index in [1.54, 1.807) is 0 Å². The maximum absolute atomic E-state index is 13.1. The summed E-state index contributed by atoms with van der Waals surface area (Å²) in [6, 6.07) is 3.44. The summed E-state index contributed by atoms with van der Waals surface area (Å²) in [6.07, 6.45) is -4.34. The van der Waals surface area contributed by atoms with Crippen LogP contribution in [0.3, 0.4) is 0 Å². The zero-order chi connectivity index (χ0) is 16.3. The number of aromatic nitrogens is 2. The quantitative estimate of drug-likeness (QED) is 0.792. The molecule has 0 amide bonds. The molecule has 0 radical (unpaired) electrons. The van der Waals surface area contributed by atoms with E-state index in [4.69, 9.17) is 13.9 Å². The van der Waals surface area contributed by atoms with Gasteiger partial charge in [-0.15, -0.1) is 0 Å². The molecule has 0 fully saturated rings. The number of hydrogen-bond donors (Lipinski definition) is 0. The highest BCUT2D eigenvalue weighted by Crippen LogP contribution is 2.30. The average molecular weight is 318 g/mol. The van der Waals surface area contributed by atoms with Crippen LogP contribution in [0.4, 0.5) is 13.2 Å². The summed E-state index contributed by atoms with van der Waals surface area (Å²) in [5.74, 6) is -1.25. The molecule has 2 heterocycles. The normalized spacial score (nSPS) is 12.1. The second kappa shape index (κ2) is 6.32. The van der Waals surface area contributed by atoms with Crippen LogP contribution in [0.2, 0.25) is 0 Å². The average Bonchev–Trinajstić information content (AvgIpc) is 3.12. The van der Waals surface area contributed by atoms with E-state index in [0.29, 0.717) is 0 Å². The SMILES string of the molecule is COC(Cc1cc(C(F)(F)F)n(C(=O)c2ccco2)n1)OC. The molecule has 2 aromatic rings. The van der Waals surface area contributed by atoms with E-state index in [0.717, 1.165) is 6.07 Å². The molecule has 0 saturated heterocycles. The van der Waals surface area contributed by atoms with Crippen molar-refractivity contribution in [3.05, 3.63) is 41.6 Å². The van der Waals surface area contributed by atoms with Gasteiger partial charge in [0, 0.05) is 20.6 Å². The first-order valence-electron chi connectivity index (χ1n) is 6.16. The Bertz CT molecular complexity index is 630. The lowest BCUT2D eigenvalue weighted by Crippen LogP contribution is -2.21. The van der Waals surface area contributed by atoms with Gasteiger partial charge in [-0.05, 0) is 18.2 Å². The summed E-state index contributed by atoms with van der Waals surface area (Å²) >= 11 is 0. The summed E-state index contributed by atoms with van der Waals surface area (Å²) in [4.78, 5) is 12.1. The molecule has 0 aliphatic carbocycles. The molecule has 0 aliphatic rings. The van der Waals surface area contributed by atoms with Gasteiger partial charge in [0.2, 0.25) is 0 Å². The van der Waals surface area contributed by atoms with Crippen molar-refractivity contribution in [1.29, 1.82) is 0 Å². The Balaban J connectivity index is 2.39. The van der Waals surface area contributed by atoms with Gasteiger partial charge in [-0.2, -0.15) is 23.0 Å². The van der Waals surface area contributed by atoms with Crippen molar-refractivity contribution in [2.24, 2.45) is 0 Å². The maximum atomic E-state index is 13.1. The summed E-state index contributed by atoms with van der Waals surface area (Å²) in [5.41, 5.74) is -1.17. The molecule has 22 heavy (non-hydrogen) atoms.